The number of carbonyl (C=O) groups is 1. The van der Waals surface area contributed by atoms with Crippen LogP contribution in [0.5, 0.6) is 0 Å². The molecule has 0 aromatic carbocycles. The minimum atomic E-state index is -0.765. The molecule has 10 heterocycles. The molecule has 284 valence electrons. The summed E-state index contributed by atoms with van der Waals surface area (Å²) in [6.45, 7) is 13.5. The van der Waals surface area contributed by atoms with Gasteiger partial charge in [-0.3, -0.25) is 4.79 Å². The topological polar surface area (TPSA) is 137 Å². The lowest BCUT2D eigenvalue weighted by Gasteiger charge is -2.47. The van der Waals surface area contributed by atoms with Gasteiger partial charge < -0.3 is 48.7 Å². The summed E-state index contributed by atoms with van der Waals surface area (Å²) < 4.78 is 54.0. The number of hydrogen-bond donors (Lipinski definition) is 2. The molecule has 3 N–H and O–H groups in total. The molecule has 3 unspecified atom stereocenters. The summed E-state index contributed by atoms with van der Waals surface area (Å²) in [4.78, 5) is 14.0. The molecule has 10 aliphatic rings. The number of ketones is 1. The lowest BCUT2D eigenvalue weighted by molar-refractivity contribution is -0.292. The first-order valence-electron chi connectivity index (χ1n) is 20.1. The van der Waals surface area contributed by atoms with Crippen molar-refractivity contribution in [3.05, 3.63) is 24.3 Å². The lowest BCUT2D eigenvalue weighted by Crippen LogP contribution is -2.61. The molecule has 12 bridgehead atoms. The van der Waals surface area contributed by atoms with Gasteiger partial charge in [-0.05, 0) is 73.8 Å². The van der Waals surface area contributed by atoms with Crippen molar-refractivity contribution in [2.75, 3.05) is 6.54 Å². The van der Waals surface area contributed by atoms with E-state index in [1.165, 1.54) is 0 Å². The highest BCUT2D eigenvalue weighted by Gasteiger charge is 2.68. The number of nitrogens with two attached hydrogens (primary N) is 1. The fraction of sp³-hybridized carbons (Fsp3) is 0.875. The standard InChI is InChI=1S/C40H59NO10/c1-19-11-25-5-7-29-20(2)12-27(44-29)9-10-40-17-34-36(50-40)37-38(49-34)39(51-40)35-30(48-37)8-6-26(46-35)13-23(42)14-28-22(4)31(15-24(43)18-41)47-33(28)16-32(45-25)21(19)3/h19,22,24-39,43H,2-3,5-18,41H2,1,4H3/t19-,22-,24+,25+,26-,27+,28-,29?,30+,31-,32-,33?,34-,35+,36?,37+,38-,39+,40+/m1/s1. The van der Waals surface area contributed by atoms with Crippen molar-refractivity contribution in [3.63, 3.8) is 0 Å². The minimum Gasteiger partial charge on any atom is -0.392 e. The number of carbonyl (C=O) groups excluding carboxylic acids is 1. The Morgan fingerprint density at radius 3 is 2.35 bits per heavy atom. The third-order valence-corrected chi connectivity index (χ3v) is 14.2. The number of rotatable bonds is 3. The molecule has 0 aliphatic carbocycles. The minimum absolute atomic E-state index is 0.00127. The van der Waals surface area contributed by atoms with Crippen molar-refractivity contribution < 1.29 is 47.8 Å². The van der Waals surface area contributed by atoms with E-state index in [0.717, 1.165) is 56.1 Å². The first-order valence-corrected chi connectivity index (χ1v) is 20.1. The van der Waals surface area contributed by atoms with E-state index in [9.17, 15) is 9.90 Å². The maximum Gasteiger partial charge on any atom is 0.172 e. The van der Waals surface area contributed by atoms with E-state index in [1.54, 1.807) is 0 Å². The van der Waals surface area contributed by atoms with Crippen molar-refractivity contribution >= 4 is 5.78 Å². The van der Waals surface area contributed by atoms with Crippen LogP contribution in [-0.2, 0) is 42.7 Å². The Morgan fingerprint density at radius 2 is 1.51 bits per heavy atom. The zero-order chi connectivity index (χ0) is 35.2. The average Bonchev–Trinajstić information content (AvgIpc) is 3.77. The number of Topliss-reactive ketones (excluding diaryl/α,β-unsaturated/α-hetero) is 1. The smallest absolute Gasteiger partial charge is 0.172 e. The Morgan fingerprint density at radius 1 is 0.765 bits per heavy atom. The number of aliphatic hydroxyl groups is 1. The van der Waals surface area contributed by atoms with Crippen LogP contribution in [0.15, 0.2) is 24.3 Å². The summed E-state index contributed by atoms with van der Waals surface area (Å²) in [5, 5.41) is 10.5. The Balaban J connectivity index is 0.986. The number of hydrogen-bond acceptors (Lipinski definition) is 11. The van der Waals surface area contributed by atoms with E-state index in [1.807, 2.05) is 0 Å². The molecule has 11 nitrogen and oxygen atoms in total. The van der Waals surface area contributed by atoms with Gasteiger partial charge in [0.2, 0.25) is 0 Å². The molecular weight excluding hydrogens is 654 g/mol. The van der Waals surface area contributed by atoms with Gasteiger partial charge in [0.05, 0.1) is 61.0 Å². The fourth-order valence-electron chi connectivity index (χ4n) is 11.3. The lowest BCUT2D eigenvalue weighted by atomic mass is 9.78. The second-order valence-electron chi connectivity index (χ2n) is 17.6. The number of fused-ring (bicyclic) bond motifs is 6. The largest absolute Gasteiger partial charge is 0.392 e. The van der Waals surface area contributed by atoms with E-state index in [-0.39, 0.29) is 110 Å². The van der Waals surface area contributed by atoms with Gasteiger partial charge in [0.1, 0.15) is 36.3 Å². The van der Waals surface area contributed by atoms with Crippen LogP contribution >= 0.6 is 0 Å². The van der Waals surface area contributed by atoms with Gasteiger partial charge in [-0.2, -0.15) is 0 Å². The molecule has 0 amide bonds. The van der Waals surface area contributed by atoms with Crippen molar-refractivity contribution in [2.45, 2.75) is 195 Å². The molecule has 0 radical (unpaired) electrons. The molecule has 0 aromatic rings. The quantitative estimate of drug-likeness (QED) is 0.410. The molecule has 51 heavy (non-hydrogen) atoms. The van der Waals surface area contributed by atoms with Crippen LogP contribution in [0.25, 0.3) is 0 Å². The maximum atomic E-state index is 14.0. The summed E-state index contributed by atoms with van der Waals surface area (Å²) in [6.07, 6.45) is 6.43. The maximum absolute atomic E-state index is 14.0. The van der Waals surface area contributed by atoms with Gasteiger partial charge in [-0.15, -0.1) is 0 Å². The van der Waals surface area contributed by atoms with Gasteiger partial charge in [0.25, 0.3) is 0 Å². The van der Waals surface area contributed by atoms with E-state index in [2.05, 4.69) is 27.0 Å². The van der Waals surface area contributed by atoms with Crippen LogP contribution in [0.3, 0.4) is 0 Å². The SMILES string of the molecule is C=C1C[C@@H]2CC[C@@]34C[C@H]5O[C@H]6[C@@H](O3)[C@H]3O[C@H](CC[C@@H]3O[C@H]6C5O4)CC(=O)C[C@H]3C(C[C@H]4O[C@@H](CCC1O2)C[C@@H](C)C4=C)O[C@H](C[C@H](O)CN)[C@@H]3C. The molecular formula is C40H59NO10. The van der Waals surface area contributed by atoms with Crippen molar-refractivity contribution in [2.24, 2.45) is 23.5 Å². The van der Waals surface area contributed by atoms with Gasteiger partial charge in [0.15, 0.2) is 5.79 Å². The van der Waals surface area contributed by atoms with Crippen molar-refractivity contribution in [1.29, 1.82) is 0 Å². The van der Waals surface area contributed by atoms with Crippen LogP contribution in [-0.4, -0.2) is 115 Å². The van der Waals surface area contributed by atoms with Gasteiger partial charge in [-0.1, -0.05) is 27.0 Å². The Hall–Kier alpha value is -1.25. The Kier molecular flexibility index (Phi) is 9.59. The summed E-state index contributed by atoms with van der Waals surface area (Å²) >= 11 is 0. The predicted octanol–water partition coefficient (Wildman–Crippen LogP) is 4.06. The van der Waals surface area contributed by atoms with Crippen LogP contribution in [0.4, 0.5) is 0 Å². The molecule has 11 heteroatoms. The Labute approximate surface area is 302 Å². The van der Waals surface area contributed by atoms with E-state index >= 15 is 0 Å². The van der Waals surface area contributed by atoms with Crippen molar-refractivity contribution in [3.8, 4) is 0 Å². The third kappa shape index (κ3) is 6.53. The second-order valence-corrected chi connectivity index (χ2v) is 17.6. The van der Waals surface area contributed by atoms with Gasteiger partial charge in [-0.25, -0.2) is 0 Å². The van der Waals surface area contributed by atoms with Crippen LogP contribution in [0, 0.1) is 17.8 Å². The fourth-order valence-corrected chi connectivity index (χ4v) is 11.3. The molecule has 10 rings (SSSR count). The summed E-state index contributed by atoms with van der Waals surface area (Å²) in [7, 11) is 0. The third-order valence-electron chi connectivity index (χ3n) is 14.2. The summed E-state index contributed by atoms with van der Waals surface area (Å²) in [5.41, 5.74) is 8.06. The van der Waals surface area contributed by atoms with Crippen LogP contribution in [0.1, 0.15) is 97.3 Å². The number of ether oxygens (including phenoxy) is 8. The number of aliphatic hydroxyl groups excluding tert-OH is 1. The zero-order valence-corrected chi connectivity index (χ0v) is 30.4. The normalized spacial score (nSPS) is 53.2. The monoisotopic (exact) mass is 713 g/mol. The summed E-state index contributed by atoms with van der Waals surface area (Å²) in [5.74, 6) is -0.222. The zero-order valence-electron chi connectivity index (χ0n) is 30.4. The highest BCUT2D eigenvalue weighted by molar-refractivity contribution is 5.79. The van der Waals surface area contributed by atoms with Gasteiger partial charge in [0, 0.05) is 45.1 Å². The molecule has 0 saturated carbocycles. The first-order chi connectivity index (χ1) is 24.6. The predicted molar refractivity (Wildman–Crippen MR) is 185 cm³/mol. The van der Waals surface area contributed by atoms with Crippen molar-refractivity contribution in [1.82, 2.24) is 0 Å². The van der Waals surface area contributed by atoms with Crippen LogP contribution < -0.4 is 5.73 Å². The molecule has 10 aliphatic heterocycles. The molecule has 19 atom stereocenters. The highest BCUT2D eigenvalue weighted by atomic mass is 16.8. The molecule has 10 saturated heterocycles. The average molecular weight is 714 g/mol. The molecule has 10 fully saturated rings. The Bertz CT molecular complexity index is 1360. The first kappa shape index (κ1) is 35.5. The van der Waals surface area contributed by atoms with Gasteiger partial charge >= 0.3 is 0 Å². The van der Waals surface area contributed by atoms with E-state index in [0.29, 0.717) is 44.4 Å². The highest BCUT2D eigenvalue weighted by Crippen LogP contribution is 2.54. The summed E-state index contributed by atoms with van der Waals surface area (Å²) in [6, 6.07) is 0. The molecule has 1 spiro atoms. The molecule has 0 aromatic heterocycles. The van der Waals surface area contributed by atoms with Crippen LogP contribution in [0.2, 0.25) is 0 Å². The second kappa shape index (κ2) is 13.8. The van der Waals surface area contributed by atoms with E-state index in [4.69, 9.17) is 43.6 Å². The van der Waals surface area contributed by atoms with E-state index < -0.39 is 11.9 Å².